The van der Waals surface area contributed by atoms with E-state index in [-0.39, 0.29) is 11.8 Å². The lowest BCUT2D eigenvalue weighted by Gasteiger charge is -2.20. The molecule has 2 aliphatic rings. The molecule has 0 atom stereocenters. The molecule has 2 aromatic rings. The second kappa shape index (κ2) is 19.1. The van der Waals surface area contributed by atoms with Crippen LogP contribution >= 0.6 is 23.2 Å². The van der Waals surface area contributed by atoms with Gasteiger partial charge in [-0.3, -0.25) is 9.59 Å². The second-order valence-corrected chi connectivity index (χ2v) is 13.4. The van der Waals surface area contributed by atoms with Crippen LogP contribution in [-0.4, -0.2) is 46.5 Å². The molecule has 2 aromatic carbocycles. The number of hydrogen-bond acceptors (Lipinski definition) is 2. The van der Waals surface area contributed by atoms with Crippen molar-refractivity contribution in [3.8, 4) is 0 Å². The van der Waals surface area contributed by atoms with Gasteiger partial charge in [-0.15, -0.1) is 23.2 Å². The monoisotopic (exact) mass is 662 g/mol. The Morgan fingerprint density at radius 3 is 1.20 bits per heavy atom. The average molecular weight is 664 g/mol. The van der Waals surface area contributed by atoms with Crippen molar-refractivity contribution in [3.63, 3.8) is 0 Å². The van der Waals surface area contributed by atoms with Crippen molar-refractivity contribution in [2.24, 2.45) is 0 Å². The van der Waals surface area contributed by atoms with E-state index in [4.69, 9.17) is 23.2 Å². The van der Waals surface area contributed by atoms with Gasteiger partial charge in [-0.05, 0) is 60.1 Å². The highest BCUT2D eigenvalue weighted by Crippen LogP contribution is 2.37. The molecule has 0 radical (unpaired) electrons. The number of hydrogen-bond donors (Lipinski definition) is 0. The van der Waals surface area contributed by atoms with Crippen LogP contribution in [0.25, 0.3) is 11.4 Å². The third-order valence-electron chi connectivity index (χ3n) is 9.14. The Balaban J connectivity index is 1.53. The molecular formula is C40H52Cl2N2O2. The number of aryl methyl sites for hydroxylation is 2. The molecule has 0 unspecified atom stereocenters. The van der Waals surface area contributed by atoms with E-state index < -0.39 is 0 Å². The molecule has 0 bridgehead atoms. The largest absolute Gasteiger partial charge is 0.307 e. The first-order valence-corrected chi connectivity index (χ1v) is 18.7. The van der Waals surface area contributed by atoms with Gasteiger partial charge >= 0.3 is 0 Å². The number of nitrogens with zero attached hydrogens (tertiary/aromatic N) is 2. The lowest BCUT2D eigenvalue weighted by Crippen LogP contribution is -2.30. The van der Waals surface area contributed by atoms with Gasteiger partial charge in [-0.2, -0.15) is 0 Å². The predicted octanol–water partition coefficient (Wildman–Crippen LogP) is 10.3. The van der Waals surface area contributed by atoms with Crippen LogP contribution in [-0.2, 0) is 22.4 Å². The number of halogens is 2. The number of unbranched alkanes of at least 4 members (excludes halogenated alkanes) is 10. The number of carbonyl (C=O) groups is 2. The minimum atomic E-state index is -0.187. The SMILES string of the molecule is CCCCCCCCc1ccc(C2=C/C(=C3\C=C(c4ccc(CCCCCCCC)cc4)N(CCCl)C3=O)C(=O)N2CCCl)cc1. The molecule has 0 spiro atoms. The maximum Gasteiger partial charge on any atom is 0.259 e. The number of alkyl halides is 2. The summed E-state index contributed by atoms with van der Waals surface area (Å²) < 4.78 is 0. The lowest BCUT2D eigenvalue weighted by molar-refractivity contribution is -0.125. The van der Waals surface area contributed by atoms with Crippen molar-refractivity contribution in [2.45, 2.75) is 104 Å². The summed E-state index contributed by atoms with van der Waals surface area (Å²) in [5.41, 5.74) is 6.92. The first-order valence-electron chi connectivity index (χ1n) is 17.6. The molecule has 4 rings (SSSR count). The normalized spacial score (nSPS) is 16.5. The molecular weight excluding hydrogens is 611 g/mol. The van der Waals surface area contributed by atoms with E-state index in [0.29, 0.717) is 36.0 Å². The van der Waals surface area contributed by atoms with E-state index in [1.165, 1.54) is 88.2 Å². The van der Waals surface area contributed by atoms with Crippen molar-refractivity contribution in [1.82, 2.24) is 9.80 Å². The summed E-state index contributed by atoms with van der Waals surface area (Å²) in [5.74, 6) is 0.237. The van der Waals surface area contributed by atoms with Gasteiger partial charge < -0.3 is 9.80 Å². The van der Waals surface area contributed by atoms with Crippen LogP contribution in [0.3, 0.4) is 0 Å². The summed E-state index contributed by atoms with van der Waals surface area (Å²) >= 11 is 12.3. The van der Waals surface area contributed by atoms with Gasteiger partial charge in [0.1, 0.15) is 0 Å². The fraction of sp³-hybridized carbons (Fsp3) is 0.500. The topological polar surface area (TPSA) is 40.6 Å². The molecule has 0 N–H and O–H groups in total. The highest BCUT2D eigenvalue weighted by molar-refractivity contribution is 6.21. The van der Waals surface area contributed by atoms with E-state index in [1.54, 1.807) is 9.80 Å². The zero-order valence-corrected chi connectivity index (χ0v) is 29.5. The van der Waals surface area contributed by atoms with E-state index >= 15 is 0 Å². The van der Waals surface area contributed by atoms with Crippen molar-refractivity contribution in [1.29, 1.82) is 0 Å². The predicted molar refractivity (Wildman–Crippen MR) is 195 cm³/mol. The Morgan fingerprint density at radius 1 is 0.500 bits per heavy atom. The Morgan fingerprint density at radius 2 is 0.848 bits per heavy atom. The first kappa shape index (κ1) is 36.0. The zero-order valence-electron chi connectivity index (χ0n) is 28.0. The zero-order chi connectivity index (χ0) is 32.7. The van der Waals surface area contributed by atoms with Crippen molar-refractivity contribution in [3.05, 3.63) is 94.1 Å². The van der Waals surface area contributed by atoms with Crippen LogP contribution in [0, 0.1) is 0 Å². The smallest absolute Gasteiger partial charge is 0.259 e. The summed E-state index contributed by atoms with van der Waals surface area (Å²) in [5, 5.41) is 0. The Hall–Kier alpha value is -2.82. The molecule has 0 saturated heterocycles. The first-order chi connectivity index (χ1) is 22.5. The van der Waals surface area contributed by atoms with Gasteiger partial charge in [0.15, 0.2) is 0 Å². The van der Waals surface area contributed by atoms with Crippen LogP contribution in [0.15, 0.2) is 71.8 Å². The van der Waals surface area contributed by atoms with Crippen molar-refractivity contribution >= 4 is 46.4 Å². The number of benzene rings is 2. The summed E-state index contributed by atoms with van der Waals surface area (Å²) in [6.07, 6.45) is 21.2. The standard InChI is InChI=1S/C40H52Cl2N2O2/c1-3-5-7-9-11-13-15-31-17-21-33(22-18-31)37-29-35(39(45)43(37)27-25-41)36-30-38(44(28-26-42)40(36)46)34-23-19-32(20-24-34)16-14-12-10-8-6-4-2/h17-24,29-30H,3-16,25-28H2,1-2H3/b36-35-. The number of rotatable bonds is 20. The van der Waals surface area contributed by atoms with Crippen LogP contribution in [0.1, 0.15) is 113 Å². The average Bonchev–Trinajstić information content (AvgIpc) is 3.57. The van der Waals surface area contributed by atoms with Gasteiger partial charge in [0, 0.05) is 24.8 Å². The molecule has 0 saturated carbocycles. The van der Waals surface area contributed by atoms with Crippen molar-refractivity contribution in [2.75, 3.05) is 24.8 Å². The molecule has 2 heterocycles. The molecule has 0 aliphatic carbocycles. The quantitative estimate of drug-likeness (QED) is 0.0804. The maximum absolute atomic E-state index is 13.8. The fourth-order valence-electron chi connectivity index (χ4n) is 6.44. The minimum Gasteiger partial charge on any atom is -0.307 e. The van der Waals surface area contributed by atoms with Crippen molar-refractivity contribution < 1.29 is 9.59 Å². The minimum absolute atomic E-state index is 0.187. The van der Waals surface area contributed by atoms with Crippen LogP contribution in [0.5, 0.6) is 0 Å². The Bertz CT molecular complexity index is 1270. The third kappa shape index (κ3) is 9.61. The van der Waals surface area contributed by atoms with E-state index in [9.17, 15) is 9.59 Å². The summed E-state index contributed by atoms with van der Waals surface area (Å²) in [4.78, 5) is 31.0. The lowest BCUT2D eigenvalue weighted by atomic mass is 10.0. The Kier molecular flexibility index (Phi) is 15.0. The molecule has 4 nitrogen and oxygen atoms in total. The fourth-order valence-corrected chi connectivity index (χ4v) is 6.78. The third-order valence-corrected chi connectivity index (χ3v) is 9.48. The summed E-state index contributed by atoms with van der Waals surface area (Å²) in [6, 6.07) is 17.0. The summed E-state index contributed by atoms with van der Waals surface area (Å²) in [7, 11) is 0. The van der Waals surface area contributed by atoms with Crippen LogP contribution < -0.4 is 0 Å². The molecule has 0 aromatic heterocycles. The molecule has 0 fully saturated rings. The van der Waals surface area contributed by atoms with E-state index in [2.05, 4.69) is 62.4 Å². The van der Waals surface area contributed by atoms with E-state index in [1.807, 2.05) is 12.2 Å². The van der Waals surface area contributed by atoms with Gasteiger partial charge in [0.05, 0.1) is 22.5 Å². The maximum atomic E-state index is 13.8. The van der Waals surface area contributed by atoms with Gasteiger partial charge in [0.25, 0.3) is 11.8 Å². The molecule has 2 amide bonds. The van der Waals surface area contributed by atoms with Gasteiger partial charge in [-0.1, -0.05) is 127 Å². The molecule has 2 aliphatic heterocycles. The van der Waals surface area contributed by atoms with Gasteiger partial charge in [0.2, 0.25) is 0 Å². The highest BCUT2D eigenvalue weighted by Gasteiger charge is 2.37. The highest BCUT2D eigenvalue weighted by atomic mass is 35.5. The van der Waals surface area contributed by atoms with E-state index in [0.717, 1.165) is 35.4 Å². The molecule has 46 heavy (non-hydrogen) atoms. The summed E-state index contributed by atoms with van der Waals surface area (Å²) in [6.45, 7) is 5.24. The second-order valence-electron chi connectivity index (χ2n) is 12.6. The Labute approximate surface area is 287 Å². The molecule has 248 valence electrons. The number of amides is 2. The molecule has 6 heteroatoms. The van der Waals surface area contributed by atoms with Gasteiger partial charge in [-0.25, -0.2) is 0 Å². The van der Waals surface area contributed by atoms with Crippen LogP contribution in [0.4, 0.5) is 0 Å². The number of carbonyl (C=O) groups excluding carboxylic acids is 2. The van der Waals surface area contributed by atoms with Crippen LogP contribution in [0.2, 0.25) is 0 Å².